The van der Waals surface area contributed by atoms with E-state index in [9.17, 15) is 19.0 Å². The zero-order valence-corrected chi connectivity index (χ0v) is 22.3. The lowest BCUT2D eigenvalue weighted by atomic mass is 9.93. The van der Waals surface area contributed by atoms with Crippen LogP contribution in [-0.2, 0) is 17.7 Å². The Balaban J connectivity index is 0.000000180. The minimum absolute atomic E-state index is 0.319. The van der Waals surface area contributed by atoms with E-state index in [2.05, 4.69) is 21.9 Å². The fourth-order valence-corrected chi connectivity index (χ4v) is 5.55. The average Bonchev–Trinajstić information content (AvgIpc) is 3.43. The number of nitrogens with zero attached hydrogens (tertiary/aromatic N) is 2. The molecule has 0 spiro atoms. The Morgan fingerprint density at radius 1 is 0.757 bits per heavy atom. The highest BCUT2D eigenvalue weighted by Crippen LogP contribution is 2.35. The van der Waals surface area contributed by atoms with Crippen LogP contribution in [0.1, 0.15) is 36.5 Å². The summed E-state index contributed by atoms with van der Waals surface area (Å²) in [6.07, 6.45) is 1.21. The molecule has 0 radical (unpaired) electrons. The number of hydrogen-bond donors (Lipinski definition) is 2. The molecule has 2 aliphatic rings. The molecular formula is C29H32Cl2F2N2O2. The van der Waals surface area contributed by atoms with E-state index < -0.39 is 22.8 Å². The second kappa shape index (κ2) is 11.8. The maximum Gasteiger partial charge on any atom is 0.125 e. The lowest BCUT2D eigenvalue weighted by molar-refractivity contribution is 0.0449. The Morgan fingerprint density at radius 3 is 1.70 bits per heavy atom. The van der Waals surface area contributed by atoms with E-state index in [1.54, 1.807) is 12.1 Å². The van der Waals surface area contributed by atoms with Crippen LogP contribution in [0.2, 0.25) is 10.0 Å². The highest BCUT2D eigenvalue weighted by molar-refractivity contribution is 6.30. The van der Waals surface area contributed by atoms with Gasteiger partial charge in [0.25, 0.3) is 0 Å². The van der Waals surface area contributed by atoms with Gasteiger partial charge in [0, 0.05) is 42.8 Å². The molecule has 0 aromatic heterocycles. The summed E-state index contributed by atoms with van der Waals surface area (Å²) < 4.78 is 26.7. The van der Waals surface area contributed by atoms with Gasteiger partial charge in [-0.1, -0.05) is 60.5 Å². The number of halogens is 4. The summed E-state index contributed by atoms with van der Waals surface area (Å²) in [4.78, 5) is 4.31. The van der Waals surface area contributed by atoms with Crippen molar-refractivity contribution in [2.75, 3.05) is 32.7 Å². The third-order valence-corrected chi connectivity index (χ3v) is 7.59. The topological polar surface area (TPSA) is 46.9 Å². The molecule has 2 saturated heterocycles. The molecule has 37 heavy (non-hydrogen) atoms. The van der Waals surface area contributed by atoms with Crippen LogP contribution in [0, 0.1) is 11.6 Å². The molecule has 2 heterocycles. The lowest BCUT2D eigenvalue weighted by Crippen LogP contribution is -2.30. The first kappa shape index (κ1) is 28.0. The molecule has 0 aliphatic carbocycles. The van der Waals surface area contributed by atoms with Gasteiger partial charge >= 0.3 is 0 Å². The molecule has 2 atom stereocenters. The quantitative estimate of drug-likeness (QED) is 0.412. The largest absolute Gasteiger partial charge is 0.384 e. The Hall–Kier alpha value is -2.06. The van der Waals surface area contributed by atoms with Crippen molar-refractivity contribution in [1.82, 2.24) is 9.80 Å². The van der Waals surface area contributed by atoms with Crippen molar-refractivity contribution >= 4 is 23.2 Å². The van der Waals surface area contributed by atoms with Gasteiger partial charge in [-0.2, -0.15) is 0 Å². The van der Waals surface area contributed by atoms with E-state index in [1.807, 2.05) is 25.1 Å². The molecule has 198 valence electrons. The van der Waals surface area contributed by atoms with Gasteiger partial charge in [-0.15, -0.1) is 0 Å². The maximum atomic E-state index is 13.5. The molecule has 2 fully saturated rings. The highest BCUT2D eigenvalue weighted by Gasteiger charge is 2.38. The lowest BCUT2D eigenvalue weighted by Gasteiger charge is -2.24. The van der Waals surface area contributed by atoms with Gasteiger partial charge in [-0.05, 0) is 72.5 Å². The standard InChI is InChI=1S/C17H17ClFNO.C12H15ClFNO/c18-15-8-14(9-16(19)10-15)17(21)6-7-20(12-17)11-13-4-2-1-3-5-13;1-2-15-4-3-12(16,8-15)9-5-10(13)7-11(14)6-9/h1-5,8-10,21H,6-7,11-12H2;5-7,16H,2-4,8H2,1H3. The summed E-state index contributed by atoms with van der Waals surface area (Å²) in [6, 6.07) is 18.7. The Kier molecular flexibility index (Phi) is 8.89. The summed E-state index contributed by atoms with van der Waals surface area (Å²) in [5.41, 5.74) is 0.359. The fraction of sp³-hybridized carbons (Fsp3) is 0.379. The molecule has 0 amide bonds. The molecule has 8 heteroatoms. The number of likely N-dealkylation sites (N-methyl/N-ethyl adjacent to an activating group) is 1. The summed E-state index contributed by atoms with van der Waals surface area (Å²) in [5.74, 6) is -0.807. The monoisotopic (exact) mass is 548 g/mol. The van der Waals surface area contributed by atoms with Gasteiger partial charge in [0.15, 0.2) is 0 Å². The van der Waals surface area contributed by atoms with Crippen molar-refractivity contribution in [3.63, 3.8) is 0 Å². The van der Waals surface area contributed by atoms with E-state index in [1.165, 1.54) is 29.8 Å². The normalized spacial score (nSPS) is 24.2. The fourth-order valence-electron chi connectivity index (χ4n) is 5.10. The zero-order chi connectivity index (χ0) is 26.6. The maximum absolute atomic E-state index is 13.5. The molecule has 0 bridgehead atoms. The summed E-state index contributed by atoms with van der Waals surface area (Å²) in [5, 5.41) is 21.9. The van der Waals surface area contributed by atoms with Crippen molar-refractivity contribution in [1.29, 1.82) is 0 Å². The van der Waals surface area contributed by atoms with Crippen LogP contribution in [0.15, 0.2) is 66.7 Å². The molecule has 3 aromatic rings. The Bertz CT molecular complexity index is 1180. The number of likely N-dealkylation sites (tertiary alicyclic amines) is 2. The molecule has 2 N–H and O–H groups in total. The van der Waals surface area contributed by atoms with E-state index in [4.69, 9.17) is 23.2 Å². The molecule has 5 rings (SSSR count). The summed E-state index contributed by atoms with van der Waals surface area (Å²) in [6.45, 7) is 6.37. The number of benzene rings is 3. The number of hydrogen-bond acceptors (Lipinski definition) is 4. The van der Waals surface area contributed by atoms with Crippen molar-refractivity contribution in [2.24, 2.45) is 0 Å². The van der Waals surface area contributed by atoms with E-state index in [0.717, 1.165) is 26.2 Å². The van der Waals surface area contributed by atoms with Gasteiger partial charge in [-0.3, -0.25) is 4.90 Å². The van der Waals surface area contributed by atoms with Crippen LogP contribution in [0.3, 0.4) is 0 Å². The van der Waals surface area contributed by atoms with Crippen LogP contribution in [-0.4, -0.2) is 52.7 Å². The predicted octanol–water partition coefficient (Wildman–Crippen LogP) is 5.96. The van der Waals surface area contributed by atoms with Gasteiger partial charge in [0.05, 0.1) is 0 Å². The minimum Gasteiger partial charge on any atom is -0.384 e. The second-order valence-corrected chi connectivity index (χ2v) is 10.8. The van der Waals surface area contributed by atoms with Gasteiger partial charge < -0.3 is 15.1 Å². The summed E-state index contributed by atoms with van der Waals surface area (Å²) >= 11 is 11.7. The smallest absolute Gasteiger partial charge is 0.125 e. The van der Waals surface area contributed by atoms with Crippen molar-refractivity contribution in [2.45, 2.75) is 37.5 Å². The zero-order valence-electron chi connectivity index (χ0n) is 20.8. The molecule has 4 nitrogen and oxygen atoms in total. The van der Waals surface area contributed by atoms with Crippen LogP contribution >= 0.6 is 23.2 Å². The first-order valence-electron chi connectivity index (χ1n) is 12.5. The third kappa shape index (κ3) is 7.08. The van der Waals surface area contributed by atoms with Crippen molar-refractivity contribution < 1.29 is 19.0 Å². The van der Waals surface area contributed by atoms with Gasteiger partial charge in [-0.25, -0.2) is 8.78 Å². The van der Waals surface area contributed by atoms with Crippen LogP contribution < -0.4 is 0 Å². The Labute approximate surface area is 227 Å². The van der Waals surface area contributed by atoms with Gasteiger partial charge in [0.2, 0.25) is 0 Å². The highest BCUT2D eigenvalue weighted by atomic mass is 35.5. The first-order chi connectivity index (χ1) is 17.6. The van der Waals surface area contributed by atoms with E-state index in [0.29, 0.717) is 47.1 Å². The first-order valence-corrected chi connectivity index (χ1v) is 13.2. The van der Waals surface area contributed by atoms with E-state index in [-0.39, 0.29) is 0 Å². The van der Waals surface area contributed by atoms with Gasteiger partial charge in [0.1, 0.15) is 22.8 Å². The summed E-state index contributed by atoms with van der Waals surface area (Å²) in [7, 11) is 0. The second-order valence-electron chi connectivity index (χ2n) is 9.94. The van der Waals surface area contributed by atoms with Crippen LogP contribution in [0.25, 0.3) is 0 Å². The molecule has 2 aliphatic heterocycles. The molecule has 3 aromatic carbocycles. The minimum atomic E-state index is -1.03. The SMILES string of the molecule is CCN1CCC(O)(c2cc(F)cc(Cl)c2)C1.OC1(c2cc(F)cc(Cl)c2)CCN(Cc2ccccc2)C1. The Morgan fingerprint density at radius 2 is 1.24 bits per heavy atom. The predicted molar refractivity (Wildman–Crippen MR) is 144 cm³/mol. The molecule has 0 saturated carbocycles. The number of rotatable bonds is 5. The average molecular weight is 549 g/mol. The van der Waals surface area contributed by atoms with Crippen LogP contribution in [0.4, 0.5) is 8.78 Å². The number of aliphatic hydroxyl groups is 2. The van der Waals surface area contributed by atoms with E-state index >= 15 is 0 Å². The number of β-amino-alcohol motifs (C(OH)–C–C–N with tert-alkyl or cyclic N) is 2. The van der Waals surface area contributed by atoms with Crippen LogP contribution in [0.5, 0.6) is 0 Å². The van der Waals surface area contributed by atoms with Crippen molar-refractivity contribution in [3.8, 4) is 0 Å². The third-order valence-electron chi connectivity index (χ3n) is 7.15. The van der Waals surface area contributed by atoms with Crippen molar-refractivity contribution in [3.05, 3.63) is 105 Å². The molecule has 2 unspecified atom stereocenters. The molecular weight excluding hydrogens is 517 g/mol.